The van der Waals surface area contributed by atoms with E-state index >= 15 is 0 Å². The largest absolute Gasteiger partial charge is 0.573 e. The van der Waals surface area contributed by atoms with Gasteiger partial charge in [0, 0.05) is 12.1 Å². The Hall–Kier alpha value is -2.68. The van der Waals surface area contributed by atoms with Crippen molar-refractivity contribution in [1.82, 2.24) is 4.90 Å². The summed E-state index contributed by atoms with van der Waals surface area (Å²) in [5.74, 6) is -0.702. The van der Waals surface area contributed by atoms with Crippen molar-refractivity contribution in [2.75, 3.05) is 13.1 Å². The molecule has 1 heterocycles. The Balaban J connectivity index is 1.84. The number of hydrogen-bond donors (Lipinski definition) is 0. The van der Waals surface area contributed by atoms with E-state index in [1.807, 2.05) is 0 Å². The van der Waals surface area contributed by atoms with Gasteiger partial charge < -0.3 is 9.47 Å². The minimum Gasteiger partial charge on any atom is -0.425 e. The summed E-state index contributed by atoms with van der Waals surface area (Å²) in [6, 6.07) is 10.1. The summed E-state index contributed by atoms with van der Waals surface area (Å²) in [7, 11) is 0. The van der Waals surface area contributed by atoms with Crippen LogP contribution in [-0.4, -0.2) is 36.7 Å². The number of benzene rings is 2. The lowest BCUT2D eigenvalue weighted by Gasteiger charge is -2.17. The van der Waals surface area contributed by atoms with Crippen molar-refractivity contribution in [3.8, 4) is 22.6 Å². The Morgan fingerprint density at radius 3 is 2.33 bits per heavy atom. The summed E-state index contributed by atoms with van der Waals surface area (Å²) in [4.78, 5) is 13.0. The van der Waals surface area contributed by atoms with Gasteiger partial charge in [-0.2, -0.15) is 0 Å². The number of hydrogen-bond acceptors (Lipinski definition) is 4. The van der Waals surface area contributed by atoms with Crippen LogP contribution in [0.15, 0.2) is 42.5 Å². The first-order chi connectivity index (χ1) is 12.7. The minimum absolute atomic E-state index is 0.0918. The molecule has 4 nitrogen and oxygen atoms in total. The van der Waals surface area contributed by atoms with Crippen molar-refractivity contribution < 1.29 is 36.2 Å². The third kappa shape index (κ3) is 5.16. The summed E-state index contributed by atoms with van der Waals surface area (Å²) in [5, 5.41) is 0. The molecule has 0 radical (unpaired) electrons. The molecule has 0 spiro atoms. The fourth-order valence-corrected chi connectivity index (χ4v) is 2.79. The Bertz CT molecular complexity index is 821. The number of halogens is 5. The van der Waals surface area contributed by atoms with Crippen LogP contribution >= 0.6 is 0 Å². The van der Waals surface area contributed by atoms with Crippen LogP contribution in [0.5, 0.6) is 11.5 Å². The minimum atomic E-state index is -4.77. The van der Waals surface area contributed by atoms with Crippen LogP contribution < -0.4 is 9.47 Å². The third-order valence-electron chi connectivity index (χ3n) is 3.85. The molecule has 0 saturated carbocycles. The highest BCUT2D eigenvalue weighted by Gasteiger charge is 2.31. The zero-order valence-corrected chi connectivity index (χ0v) is 13.8. The molecule has 3 rings (SSSR count). The number of carbonyl (C=O) groups excluding carboxylic acids is 1. The van der Waals surface area contributed by atoms with Gasteiger partial charge in [0.25, 0.3) is 6.43 Å². The van der Waals surface area contributed by atoms with Crippen LogP contribution in [0.25, 0.3) is 11.1 Å². The van der Waals surface area contributed by atoms with Crippen molar-refractivity contribution in [1.29, 1.82) is 0 Å². The van der Waals surface area contributed by atoms with Crippen LogP contribution in [0, 0.1) is 0 Å². The van der Waals surface area contributed by atoms with Crippen molar-refractivity contribution in [3.05, 3.63) is 48.0 Å². The topological polar surface area (TPSA) is 38.8 Å². The molecule has 0 unspecified atom stereocenters. The second-order valence-corrected chi connectivity index (χ2v) is 5.93. The maximum atomic E-state index is 12.7. The van der Waals surface area contributed by atoms with E-state index in [0.717, 1.165) is 0 Å². The maximum absolute atomic E-state index is 12.7. The maximum Gasteiger partial charge on any atom is 0.573 e. The van der Waals surface area contributed by atoms with E-state index in [9.17, 15) is 26.7 Å². The number of rotatable bonds is 4. The monoisotopic (exact) mass is 387 g/mol. The van der Waals surface area contributed by atoms with E-state index in [-0.39, 0.29) is 24.6 Å². The standard InChI is InChI=1S/C18H14F5NO3/c19-16(20)9-24-8-13-7-12(3-6-15(13)26-17(25)10-24)11-1-4-14(5-2-11)27-18(21,22)23/h1-7,16H,8-10H2. The SMILES string of the molecule is O=C1CN(CC(F)F)Cc2cc(-c3ccc(OC(F)(F)F)cc3)ccc2O1. The molecular formula is C18H14F5NO3. The molecule has 144 valence electrons. The summed E-state index contributed by atoms with van der Waals surface area (Å²) >= 11 is 0. The van der Waals surface area contributed by atoms with E-state index in [1.54, 1.807) is 12.1 Å². The molecule has 0 amide bonds. The molecule has 1 aliphatic heterocycles. The highest BCUT2D eigenvalue weighted by Crippen LogP contribution is 2.31. The summed E-state index contributed by atoms with van der Waals surface area (Å²) < 4.78 is 71.0. The zero-order valence-electron chi connectivity index (χ0n) is 13.8. The second-order valence-electron chi connectivity index (χ2n) is 5.93. The summed E-state index contributed by atoms with van der Waals surface area (Å²) in [6.45, 7) is -0.728. The molecule has 0 N–H and O–H groups in total. The Morgan fingerprint density at radius 1 is 1.04 bits per heavy atom. The van der Waals surface area contributed by atoms with Gasteiger partial charge in [0.15, 0.2) is 0 Å². The molecule has 1 aliphatic rings. The average molecular weight is 387 g/mol. The highest BCUT2D eigenvalue weighted by atomic mass is 19.4. The predicted molar refractivity (Wildman–Crippen MR) is 85.5 cm³/mol. The predicted octanol–water partition coefficient (Wildman–Crippen LogP) is 4.24. The van der Waals surface area contributed by atoms with E-state index in [1.165, 1.54) is 35.2 Å². The van der Waals surface area contributed by atoms with Gasteiger partial charge in [0.2, 0.25) is 0 Å². The summed E-state index contributed by atoms with van der Waals surface area (Å²) in [6.07, 6.45) is -7.37. The fourth-order valence-electron chi connectivity index (χ4n) is 2.79. The lowest BCUT2D eigenvalue weighted by Crippen LogP contribution is -2.33. The van der Waals surface area contributed by atoms with Gasteiger partial charge in [-0.3, -0.25) is 9.69 Å². The Labute approximate surface area is 151 Å². The fraction of sp³-hybridized carbons (Fsp3) is 0.278. The number of ether oxygens (including phenoxy) is 2. The van der Waals surface area contributed by atoms with Crippen LogP contribution in [0.1, 0.15) is 5.56 Å². The van der Waals surface area contributed by atoms with Crippen LogP contribution in [0.3, 0.4) is 0 Å². The molecule has 0 aliphatic carbocycles. The molecule has 0 atom stereocenters. The van der Waals surface area contributed by atoms with Crippen LogP contribution in [0.2, 0.25) is 0 Å². The van der Waals surface area contributed by atoms with E-state index in [4.69, 9.17) is 4.74 Å². The lowest BCUT2D eigenvalue weighted by atomic mass is 10.0. The Morgan fingerprint density at radius 2 is 1.70 bits per heavy atom. The first kappa shape index (κ1) is 19.1. The molecule has 9 heteroatoms. The van der Waals surface area contributed by atoms with Crippen LogP contribution in [-0.2, 0) is 11.3 Å². The normalized spacial score (nSPS) is 15.3. The summed E-state index contributed by atoms with van der Waals surface area (Å²) in [5.41, 5.74) is 1.78. The molecule has 0 fully saturated rings. The number of carbonyl (C=O) groups is 1. The van der Waals surface area contributed by atoms with Gasteiger partial charge in [0.1, 0.15) is 11.5 Å². The van der Waals surface area contributed by atoms with E-state index in [0.29, 0.717) is 16.7 Å². The van der Waals surface area contributed by atoms with Gasteiger partial charge in [-0.05, 0) is 35.4 Å². The molecule has 0 bridgehead atoms. The van der Waals surface area contributed by atoms with Gasteiger partial charge >= 0.3 is 12.3 Å². The number of nitrogens with zero attached hydrogens (tertiary/aromatic N) is 1. The van der Waals surface area contributed by atoms with Gasteiger partial charge in [-0.15, -0.1) is 13.2 Å². The van der Waals surface area contributed by atoms with Gasteiger partial charge in [-0.1, -0.05) is 18.2 Å². The first-order valence-corrected chi connectivity index (χ1v) is 7.90. The van der Waals surface area contributed by atoms with Crippen molar-refractivity contribution in [3.63, 3.8) is 0 Å². The van der Waals surface area contributed by atoms with Crippen molar-refractivity contribution in [2.24, 2.45) is 0 Å². The lowest BCUT2D eigenvalue weighted by molar-refractivity contribution is -0.274. The second kappa shape index (κ2) is 7.51. The van der Waals surface area contributed by atoms with Crippen molar-refractivity contribution >= 4 is 5.97 Å². The van der Waals surface area contributed by atoms with Gasteiger partial charge in [-0.25, -0.2) is 8.78 Å². The average Bonchev–Trinajstić information content (AvgIpc) is 2.70. The third-order valence-corrected chi connectivity index (χ3v) is 3.85. The molecule has 2 aromatic rings. The molecular weight excluding hydrogens is 373 g/mol. The number of fused-ring (bicyclic) bond motifs is 1. The van der Waals surface area contributed by atoms with Gasteiger partial charge in [0.05, 0.1) is 13.1 Å². The molecule has 0 saturated heterocycles. The van der Waals surface area contributed by atoms with Crippen LogP contribution in [0.4, 0.5) is 22.0 Å². The smallest absolute Gasteiger partial charge is 0.425 e. The van der Waals surface area contributed by atoms with E-state index in [2.05, 4.69) is 4.74 Å². The molecule has 27 heavy (non-hydrogen) atoms. The van der Waals surface area contributed by atoms with E-state index < -0.39 is 25.3 Å². The number of esters is 1. The number of alkyl halides is 5. The van der Waals surface area contributed by atoms with Crippen molar-refractivity contribution in [2.45, 2.75) is 19.3 Å². The molecule has 2 aromatic carbocycles. The highest BCUT2D eigenvalue weighted by molar-refractivity contribution is 5.76. The quantitative estimate of drug-likeness (QED) is 0.447. The Kier molecular flexibility index (Phi) is 5.31. The molecule has 0 aromatic heterocycles. The zero-order chi connectivity index (χ0) is 19.6. The first-order valence-electron chi connectivity index (χ1n) is 7.90.